The number of halogens is 3. The number of rotatable bonds is 6. The topological polar surface area (TPSA) is 136 Å². The van der Waals surface area contributed by atoms with Crippen LogP contribution < -0.4 is 21.3 Å². The zero-order valence-electron chi connectivity index (χ0n) is 22.7. The Hall–Kier alpha value is -5.74. The van der Waals surface area contributed by atoms with Crippen molar-refractivity contribution in [1.29, 1.82) is 5.26 Å². The number of anilines is 4. The molecule has 220 valence electrons. The normalized spacial score (nSPS) is 11.0. The van der Waals surface area contributed by atoms with Crippen LogP contribution in [0.3, 0.4) is 0 Å². The van der Waals surface area contributed by atoms with Crippen LogP contribution in [0.4, 0.5) is 40.2 Å². The maximum Gasteiger partial charge on any atom is 0.416 e. The Kier molecular flexibility index (Phi) is 8.27. The van der Waals surface area contributed by atoms with E-state index >= 15 is 0 Å². The van der Waals surface area contributed by atoms with Crippen molar-refractivity contribution in [3.8, 4) is 6.07 Å². The number of aromatic nitrogens is 1. The van der Waals surface area contributed by atoms with Crippen LogP contribution in [0.15, 0.2) is 84.9 Å². The predicted molar refractivity (Wildman–Crippen MR) is 162 cm³/mol. The highest BCUT2D eigenvalue weighted by Crippen LogP contribution is 2.30. The summed E-state index contributed by atoms with van der Waals surface area (Å²) < 4.78 is 39.8. The van der Waals surface area contributed by atoms with Gasteiger partial charge >= 0.3 is 12.2 Å². The first-order valence-corrected chi connectivity index (χ1v) is 13.7. The summed E-state index contributed by atoms with van der Waals surface area (Å²) in [5.41, 5.74) is 1.96. The molecule has 4 amide bonds. The maximum atomic E-state index is 13.1. The molecule has 0 aliphatic carbocycles. The van der Waals surface area contributed by atoms with Gasteiger partial charge in [0.25, 0.3) is 11.8 Å². The summed E-state index contributed by atoms with van der Waals surface area (Å²) in [5.74, 6) is -1.18. The van der Waals surface area contributed by atoms with Gasteiger partial charge in [0.1, 0.15) is 0 Å². The van der Waals surface area contributed by atoms with Crippen LogP contribution in [0, 0.1) is 18.3 Å². The number of aryl methyl sites for hydroxylation is 1. The third-order valence-electron chi connectivity index (χ3n) is 6.32. The van der Waals surface area contributed by atoms with Gasteiger partial charge in [-0.25, -0.2) is 9.78 Å². The lowest BCUT2D eigenvalue weighted by Crippen LogP contribution is -2.19. The Morgan fingerprint density at radius 3 is 2.30 bits per heavy atom. The van der Waals surface area contributed by atoms with Gasteiger partial charge in [0, 0.05) is 28.2 Å². The third-order valence-corrected chi connectivity index (χ3v) is 7.25. The summed E-state index contributed by atoms with van der Waals surface area (Å²) in [6, 6.07) is 21.5. The van der Waals surface area contributed by atoms with E-state index in [-0.39, 0.29) is 11.3 Å². The van der Waals surface area contributed by atoms with Crippen LogP contribution in [-0.4, -0.2) is 22.8 Å². The number of nitriles is 1. The van der Waals surface area contributed by atoms with Gasteiger partial charge in [0.05, 0.1) is 27.4 Å². The van der Waals surface area contributed by atoms with Crippen molar-refractivity contribution in [2.45, 2.75) is 13.1 Å². The molecule has 9 nitrogen and oxygen atoms in total. The van der Waals surface area contributed by atoms with E-state index in [0.29, 0.717) is 43.4 Å². The molecule has 1 aromatic heterocycles. The van der Waals surface area contributed by atoms with E-state index in [1.165, 1.54) is 18.2 Å². The van der Waals surface area contributed by atoms with Crippen molar-refractivity contribution in [1.82, 2.24) is 4.98 Å². The molecule has 44 heavy (non-hydrogen) atoms. The number of alkyl halides is 3. The van der Waals surface area contributed by atoms with Gasteiger partial charge < -0.3 is 16.0 Å². The molecule has 0 aliphatic rings. The van der Waals surface area contributed by atoms with E-state index in [1.807, 2.05) is 6.07 Å². The van der Waals surface area contributed by atoms with Gasteiger partial charge in [-0.2, -0.15) is 18.4 Å². The number of carbonyl (C=O) groups excluding carboxylic acids is 3. The van der Waals surface area contributed by atoms with E-state index in [9.17, 15) is 27.6 Å². The standard InChI is InChI=1S/C31H21F3N6O3S/c1-17-8-10-23(36-27(41)19-5-3-6-21(13-19)31(32,33)34)15-25(17)38-28(42)20-9-11-24-26(14-20)44-30(39-24)40-29(43)37-22-7-2-4-18(12-22)16-35/h2-15H,1H3,(H,36,41)(H,38,42)(H2,37,39,40,43). The monoisotopic (exact) mass is 614 g/mol. The molecule has 4 N–H and O–H groups in total. The molecule has 0 radical (unpaired) electrons. The molecular formula is C31H21F3N6O3S. The lowest BCUT2D eigenvalue weighted by Gasteiger charge is -2.13. The number of thiazole rings is 1. The van der Waals surface area contributed by atoms with Crippen molar-refractivity contribution in [2.24, 2.45) is 0 Å². The lowest BCUT2D eigenvalue weighted by molar-refractivity contribution is -0.137. The van der Waals surface area contributed by atoms with Gasteiger partial charge in [0.15, 0.2) is 5.13 Å². The molecule has 0 spiro atoms. The molecule has 0 fully saturated rings. The molecule has 1 heterocycles. The van der Waals surface area contributed by atoms with E-state index in [1.54, 1.807) is 55.5 Å². The van der Waals surface area contributed by atoms with Crippen molar-refractivity contribution >= 4 is 61.6 Å². The van der Waals surface area contributed by atoms with Crippen molar-refractivity contribution in [2.75, 3.05) is 21.3 Å². The minimum absolute atomic E-state index is 0.164. The van der Waals surface area contributed by atoms with E-state index in [2.05, 4.69) is 26.3 Å². The quantitative estimate of drug-likeness (QED) is 0.156. The molecule has 13 heteroatoms. The number of nitrogens with zero attached hydrogens (tertiary/aromatic N) is 2. The second kappa shape index (κ2) is 12.2. The summed E-state index contributed by atoms with van der Waals surface area (Å²) in [5, 5.41) is 20.0. The van der Waals surface area contributed by atoms with Crippen LogP contribution in [0.25, 0.3) is 10.2 Å². The van der Waals surface area contributed by atoms with Crippen molar-refractivity contribution < 1.29 is 27.6 Å². The number of urea groups is 1. The average Bonchev–Trinajstić information content (AvgIpc) is 3.39. The smallest absolute Gasteiger partial charge is 0.322 e. The molecule has 0 bridgehead atoms. The zero-order chi connectivity index (χ0) is 31.4. The van der Waals surface area contributed by atoms with Gasteiger partial charge in [-0.3, -0.25) is 14.9 Å². The number of nitrogens with one attached hydrogen (secondary N) is 4. The third kappa shape index (κ3) is 7.00. The summed E-state index contributed by atoms with van der Waals surface area (Å²) in [6.45, 7) is 1.75. The highest BCUT2D eigenvalue weighted by molar-refractivity contribution is 7.22. The zero-order valence-corrected chi connectivity index (χ0v) is 23.6. The number of fused-ring (bicyclic) bond motifs is 1. The predicted octanol–water partition coefficient (Wildman–Crippen LogP) is 7.64. The first-order chi connectivity index (χ1) is 21.0. The van der Waals surface area contributed by atoms with Gasteiger partial charge in [0.2, 0.25) is 0 Å². The maximum absolute atomic E-state index is 13.1. The van der Waals surface area contributed by atoms with E-state index < -0.39 is 29.6 Å². The summed E-state index contributed by atoms with van der Waals surface area (Å²) in [4.78, 5) is 42.5. The number of benzene rings is 4. The number of hydrogen-bond donors (Lipinski definition) is 4. The second-order valence-corrected chi connectivity index (χ2v) is 10.5. The molecule has 0 atom stereocenters. The Balaban J connectivity index is 1.26. The lowest BCUT2D eigenvalue weighted by atomic mass is 10.1. The molecule has 4 aromatic carbocycles. The first-order valence-electron chi connectivity index (χ1n) is 12.9. The van der Waals surface area contributed by atoms with Crippen LogP contribution in [-0.2, 0) is 6.18 Å². The highest BCUT2D eigenvalue weighted by Gasteiger charge is 2.31. The van der Waals surface area contributed by atoms with Crippen LogP contribution in [0.2, 0.25) is 0 Å². The first kappa shape index (κ1) is 29.7. The van der Waals surface area contributed by atoms with Crippen LogP contribution >= 0.6 is 11.3 Å². The number of carbonyl (C=O) groups is 3. The second-order valence-electron chi connectivity index (χ2n) is 9.49. The highest BCUT2D eigenvalue weighted by atomic mass is 32.1. The van der Waals surface area contributed by atoms with E-state index in [4.69, 9.17) is 5.26 Å². The molecule has 0 saturated carbocycles. The van der Waals surface area contributed by atoms with Gasteiger partial charge in [-0.1, -0.05) is 29.5 Å². The minimum atomic E-state index is -4.58. The molecule has 0 saturated heterocycles. The Bertz CT molecular complexity index is 1970. The van der Waals surface area contributed by atoms with Gasteiger partial charge in [-0.15, -0.1) is 0 Å². The van der Waals surface area contributed by atoms with Crippen LogP contribution in [0.1, 0.15) is 37.4 Å². The molecule has 0 aliphatic heterocycles. The summed E-state index contributed by atoms with van der Waals surface area (Å²) >= 11 is 1.16. The molecular weight excluding hydrogens is 593 g/mol. The number of amides is 4. The number of hydrogen-bond acceptors (Lipinski definition) is 6. The molecule has 0 unspecified atom stereocenters. The fourth-order valence-corrected chi connectivity index (χ4v) is 5.01. The average molecular weight is 615 g/mol. The Morgan fingerprint density at radius 2 is 1.52 bits per heavy atom. The Morgan fingerprint density at radius 1 is 0.795 bits per heavy atom. The van der Waals surface area contributed by atoms with E-state index in [0.717, 1.165) is 29.5 Å². The van der Waals surface area contributed by atoms with Crippen LogP contribution in [0.5, 0.6) is 0 Å². The fraction of sp³-hybridized carbons (Fsp3) is 0.0645. The van der Waals surface area contributed by atoms with Gasteiger partial charge in [-0.05, 0) is 79.2 Å². The largest absolute Gasteiger partial charge is 0.416 e. The Labute approximate surface area is 252 Å². The minimum Gasteiger partial charge on any atom is -0.322 e. The molecule has 5 rings (SSSR count). The van der Waals surface area contributed by atoms with Crippen molar-refractivity contribution in [3.05, 3.63) is 113 Å². The summed E-state index contributed by atoms with van der Waals surface area (Å²) in [6.07, 6.45) is -4.58. The fourth-order valence-electron chi connectivity index (χ4n) is 4.11. The van der Waals surface area contributed by atoms with Crippen molar-refractivity contribution in [3.63, 3.8) is 0 Å². The summed E-state index contributed by atoms with van der Waals surface area (Å²) in [7, 11) is 0. The SMILES string of the molecule is Cc1ccc(NC(=O)c2cccc(C(F)(F)F)c2)cc1NC(=O)c1ccc2nc(NC(=O)Nc3cccc(C#N)c3)sc2c1. The molecule has 5 aromatic rings.